The van der Waals surface area contributed by atoms with E-state index in [0.717, 1.165) is 11.4 Å². The average Bonchev–Trinajstić information content (AvgIpc) is 3.16. The van der Waals surface area contributed by atoms with Crippen LogP contribution in [0.25, 0.3) is 5.82 Å². The maximum atomic E-state index is 12.7. The molecule has 0 fully saturated rings. The van der Waals surface area contributed by atoms with Gasteiger partial charge in [0.25, 0.3) is 0 Å². The maximum Gasteiger partial charge on any atom is 0.244 e. The van der Waals surface area contributed by atoms with Gasteiger partial charge in [0.05, 0.1) is 17.1 Å². The third-order valence-corrected chi connectivity index (χ3v) is 6.20. The number of aryl methyl sites for hydroxylation is 4. The summed E-state index contributed by atoms with van der Waals surface area (Å²) in [5.41, 5.74) is 3.01. The number of anilines is 1. The van der Waals surface area contributed by atoms with Crippen molar-refractivity contribution >= 4 is 15.8 Å². The van der Waals surface area contributed by atoms with Gasteiger partial charge in [0.15, 0.2) is 5.82 Å². The number of sulfonamides is 1. The number of aromatic nitrogens is 6. The summed E-state index contributed by atoms with van der Waals surface area (Å²) in [4.78, 5) is 8.68. The van der Waals surface area contributed by atoms with Crippen LogP contribution in [0.15, 0.2) is 23.4 Å². The molecule has 11 heteroatoms. The van der Waals surface area contributed by atoms with Crippen molar-refractivity contribution in [3.63, 3.8) is 0 Å². The molecule has 0 saturated carbocycles. The van der Waals surface area contributed by atoms with Crippen molar-refractivity contribution in [1.82, 2.24) is 34.3 Å². The Morgan fingerprint density at radius 1 is 1.03 bits per heavy atom. The molecule has 3 aromatic heterocycles. The predicted molar refractivity (Wildman–Crippen MR) is 110 cm³/mol. The zero-order valence-electron chi connectivity index (χ0n) is 17.3. The van der Waals surface area contributed by atoms with Gasteiger partial charge in [-0.2, -0.15) is 10.2 Å². The highest BCUT2D eigenvalue weighted by Gasteiger charge is 2.23. The van der Waals surface area contributed by atoms with Crippen LogP contribution in [0.4, 0.5) is 5.82 Å². The first kappa shape index (κ1) is 20.9. The highest BCUT2D eigenvalue weighted by molar-refractivity contribution is 7.89. The predicted octanol–water partition coefficient (Wildman–Crippen LogP) is 1.50. The van der Waals surface area contributed by atoms with Gasteiger partial charge in [0.2, 0.25) is 10.0 Å². The molecule has 10 nitrogen and oxygen atoms in total. The van der Waals surface area contributed by atoms with Crippen molar-refractivity contribution in [2.45, 2.75) is 46.1 Å². The second-order valence-corrected chi connectivity index (χ2v) is 8.44. The molecule has 0 bridgehead atoms. The molecule has 156 valence electrons. The van der Waals surface area contributed by atoms with Gasteiger partial charge in [-0.1, -0.05) is 0 Å². The molecule has 29 heavy (non-hydrogen) atoms. The molecule has 0 saturated heterocycles. The summed E-state index contributed by atoms with van der Waals surface area (Å²) in [5.74, 6) is 1.24. The smallest absolute Gasteiger partial charge is 0.244 e. The molecule has 3 heterocycles. The van der Waals surface area contributed by atoms with Gasteiger partial charge < -0.3 is 5.32 Å². The fourth-order valence-electron chi connectivity index (χ4n) is 3.25. The molecule has 0 unspecified atom stereocenters. The van der Waals surface area contributed by atoms with E-state index in [1.54, 1.807) is 29.3 Å². The summed E-state index contributed by atoms with van der Waals surface area (Å²) in [6.45, 7) is 10.5. The van der Waals surface area contributed by atoms with Crippen LogP contribution in [-0.2, 0) is 16.6 Å². The normalized spacial score (nSPS) is 11.8. The van der Waals surface area contributed by atoms with Crippen LogP contribution >= 0.6 is 0 Å². The number of nitrogens with zero attached hydrogens (tertiary/aromatic N) is 6. The zero-order chi connectivity index (χ0) is 21.2. The van der Waals surface area contributed by atoms with Crippen LogP contribution in [0.3, 0.4) is 0 Å². The molecular weight excluding hydrogens is 392 g/mol. The quantitative estimate of drug-likeness (QED) is 0.532. The third kappa shape index (κ3) is 4.46. The number of hydrogen-bond donors (Lipinski definition) is 2. The van der Waals surface area contributed by atoms with E-state index in [-0.39, 0.29) is 11.4 Å². The summed E-state index contributed by atoms with van der Waals surface area (Å²) in [6, 6.07) is 3.74. The first-order chi connectivity index (χ1) is 13.7. The lowest BCUT2D eigenvalue weighted by atomic mass is 10.4. The van der Waals surface area contributed by atoms with E-state index in [9.17, 15) is 8.42 Å². The van der Waals surface area contributed by atoms with Gasteiger partial charge in [-0.25, -0.2) is 27.8 Å². The van der Waals surface area contributed by atoms with E-state index < -0.39 is 10.0 Å². The fraction of sp³-hybridized carbons (Fsp3) is 0.444. The molecule has 0 spiro atoms. The maximum absolute atomic E-state index is 12.7. The van der Waals surface area contributed by atoms with Crippen molar-refractivity contribution in [3.8, 4) is 5.82 Å². The first-order valence-corrected chi connectivity index (χ1v) is 10.8. The van der Waals surface area contributed by atoms with Gasteiger partial charge in [-0.3, -0.25) is 4.68 Å². The lowest BCUT2D eigenvalue weighted by molar-refractivity contribution is 0.580. The van der Waals surface area contributed by atoms with Crippen LogP contribution in [-0.4, -0.2) is 51.0 Å². The Hall–Kier alpha value is -2.79. The Labute approximate surface area is 170 Å². The molecule has 0 aromatic carbocycles. The minimum absolute atomic E-state index is 0.206. The van der Waals surface area contributed by atoms with Crippen LogP contribution in [0.5, 0.6) is 0 Å². The van der Waals surface area contributed by atoms with E-state index in [4.69, 9.17) is 0 Å². The second-order valence-electron chi connectivity index (χ2n) is 6.74. The van der Waals surface area contributed by atoms with Gasteiger partial charge in [0.1, 0.15) is 17.0 Å². The van der Waals surface area contributed by atoms with Crippen LogP contribution in [0, 0.1) is 27.7 Å². The van der Waals surface area contributed by atoms with Crippen molar-refractivity contribution < 1.29 is 8.42 Å². The highest BCUT2D eigenvalue weighted by Crippen LogP contribution is 2.19. The van der Waals surface area contributed by atoms with Gasteiger partial charge in [-0.15, -0.1) is 0 Å². The molecule has 0 aliphatic rings. The fourth-order valence-corrected chi connectivity index (χ4v) is 4.68. The summed E-state index contributed by atoms with van der Waals surface area (Å²) < 4.78 is 31.4. The lowest BCUT2D eigenvalue weighted by Crippen LogP contribution is -2.29. The summed E-state index contributed by atoms with van der Waals surface area (Å²) in [5, 5.41) is 11.8. The Morgan fingerprint density at radius 2 is 1.79 bits per heavy atom. The van der Waals surface area contributed by atoms with E-state index in [1.165, 1.54) is 6.33 Å². The molecule has 0 atom stereocenters. The van der Waals surface area contributed by atoms with Crippen molar-refractivity contribution in [2.75, 3.05) is 18.4 Å². The number of nitrogens with one attached hydrogen (secondary N) is 2. The van der Waals surface area contributed by atoms with E-state index in [1.807, 2.05) is 26.8 Å². The molecule has 3 aromatic rings. The molecular formula is C18H26N8O2S. The molecule has 0 radical (unpaired) electrons. The number of hydrogen-bond acceptors (Lipinski definition) is 7. The zero-order valence-corrected chi connectivity index (χ0v) is 18.1. The van der Waals surface area contributed by atoms with Crippen molar-refractivity contribution in [2.24, 2.45) is 0 Å². The van der Waals surface area contributed by atoms with Crippen LogP contribution < -0.4 is 10.0 Å². The second kappa shape index (κ2) is 8.29. The molecule has 3 rings (SSSR count). The first-order valence-electron chi connectivity index (χ1n) is 9.36. The Morgan fingerprint density at radius 3 is 2.41 bits per heavy atom. The lowest BCUT2D eigenvalue weighted by Gasteiger charge is -2.10. The standard InChI is InChI=1S/C18H26N8O2S/c1-6-25-15(5)18(14(4)24-25)29(27,28)22-8-7-19-16-10-17(21-11-20-16)26-13(3)9-12(2)23-26/h9-11,22H,6-8H2,1-5H3,(H,19,20,21). The van der Waals surface area contributed by atoms with E-state index >= 15 is 0 Å². The summed E-state index contributed by atoms with van der Waals surface area (Å²) in [7, 11) is -3.64. The molecule has 0 aliphatic carbocycles. The third-order valence-electron chi connectivity index (χ3n) is 4.49. The highest BCUT2D eigenvalue weighted by atomic mass is 32.2. The summed E-state index contributed by atoms with van der Waals surface area (Å²) >= 11 is 0. The van der Waals surface area contributed by atoms with Crippen LogP contribution in [0.1, 0.15) is 29.7 Å². The molecule has 0 amide bonds. The Balaban J connectivity index is 1.63. The monoisotopic (exact) mass is 418 g/mol. The Bertz CT molecular complexity index is 1120. The van der Waals surface area contributed by atoms with E-state index in [0.29, 0.717) is 36.1 Å². The van der Waals surface area contributed by atoms with Crippen LogP contribution in [0.2, 0.25) is 0 Å². The SMILES string of the molecule is CCn1nc(C)c(S(=O)(=O)NCCNc2cc(-n3nc(C)cc3C)ncn2)c1C. The van der Waals surface area contributed by atoms with E-state index in [2.05, 4.69) is 30.2 Å². The molecule has 0 aliphatic heterocycles. The van der Waals surface area contributed by atoms with Gasteiger partial charge in [0, 0.05) is 31.4 Å². The van der Waals surface area contributed by atoms with Gasteiger partial charge in [-0.05, 0) is 40.7 Å². The van der Waals surface area contributed by atoms with Crippen molar-refractivity contribution in [3.05, 3.63) is 41.2 Å². The minimum Gasteiger partial charge on any atom is -0.369 e. The summed E-state index contributed by atoms with van der Waals surface area (Å²) in [6.07, 6.45) is 1.45. The molecule has 2 N–H and O–H groups in total. The minimum atomic E-state index is -3.64. The average molecular weight is 419 g/mol. The van der Waals surface area contributed by atoms with Gasteiger partial charge >= 0.3 is 0 Å². The van der Waals surface area contributed by atoms with Crippen molar-refractivity contribution in [1.29, 1.82) is 0 Å². The Kier molecular flexibility index (Phi) is 5.99. The topological polar surface area (TPSA) is 120 Å². The largest absolute Gasteiger partial charge is 0.369 e. The number of rotatable bonds is 8.